The number of hydrogen-bond acceptors (Lipinski definition) is 4. The van der Waals surface area contributed by atoms with Crippen LogP contribution in [-0.2, 0) is 4.79 Å². The zero-order valence-corrected chi connectivity index (χ0v) is 12.8. The Balaban J connectivity index is 1.69. The Kier molecular flexibility index (Phi) is 5.95. The maximum absolute atomic E-state index is 12.0. The first kappa shape index (κ1) is 15.7. The predicted molar refractivity (Wildman–Crippen MR) is 84.5 cm³/mol. The van der Waals surface area contributed by atoms with E-state index in [1.54, 1.807) is 6.08 Å². The predicted octanol–water partition coefficient (Wildman–Crippen LogP) is 1.24. The van der Waals surface area contributed by atoms with E-state index in [9.17, 15) is 9.59 Å². The van der Waals surface area contributed by atoms with Crippen LogP contribution in [0.5, 0.6) is 0 Å². The first-order valence-corrected chi connectivity index (χ1v) is 8.01. The third-order valence-corrected chi connectivity index (χ3v) is 4.35. The van der Waals surface area contributed by atoms with Gasteiger partial charge in [-0.1, -0.05) is 12.1 Å². The van der Waals surface area contributed by atoms with Gasteiger partial charge in [-0.05, 0) is 24.3 Å². The molecule has 1 aliphatic rings. The molecule has 0 atom stereocenters. The number of amides is 2. The molecule has 0 aliphatic carbocycles. The van der Waals surface area contributed by atoms with Crippen LogP contribution in [-0.4, -0.2) is 48.9 Å². The number of carbonyl (C=O) groups excluding carboxylic acids is 2. The molecule has 0 radical (unpaired) electrons. The third kappa shape index (κ3) is 4.99. The van der Waals surface area contributed by atoms with Gasteiger partial charge >= 0.3 is 0 Å². The summed E-state index contributed by atoms with van der Waals surface area (Å²) >= 11 is 1.45. The average molecular weight is 307 g/mol. The van der Waals surface area contributed by atoms with Gasteiger partial charge in [-0.2, -0.15) is 0 Å². The van der Waals surface area contributed by atoms with Crippen molar-refractivity contribution in [1.29, 1.82) is 0 Å². The van der Waals surface area contributed by atoms with Gasteiger partial charge in [0.15, 0.2) is 0 Å². The van der Waals surface area contributed by atoms with Crippen molar-refractivity contribution in [2.24, 2.45) is 0 Å². The summed E-state index contributed by atoms with van der Waals surface area (Å²) in [5, 5.41) is 7.74. The molecule has 1 aliphatic heterocycles. The van der Waals surface area contributed by atoms with Crippen molar-refractivity contribution in [3.8, 4) is 0 Å². The molecule has 1 aromatic heterocycles. The molecule has 0 saturated carbocycles. The fourth-order valence-electron chi connectivity index (χ4n) is 2.34. The monoisotopic (exact) mass is 307 g/mol. The summed E-state index contributed by atoms with van der Waals surface area (Å²) in [4.78, 5) is 26.4. The van der Waals surface area contributed by atoms with E-state index in [-0.39, 0.29) is 17.9 Å². The molecule has 2 rings (SSSR count). The third-order valence-electron chi connectivity index (χ3n) is 3.48. The van der Waals surface area contributed by atoms with Crippen molar-refractivity contribution < 1.29 is 9.59 Å². The van der Waals surface area contributed by atoms with Crippen molar-refractivity contribution in [2.45, 2.75) is 18.9 Å². The maximum Gasteiger partial charge on any atom is 0.261 e. The second-order valence-corrected chi connectivity index (χ2v) is 6.04. The number of likely N-dealkylation sites (tertiary alicyclic amines) is 1. The summed E-state index contributed by atoms with van der Waals surface area (Å²) in [5.74, 6) is 0.0307. The van der Waals surface area contributed by atoms with Crippen LogP contribution in [0.4, 0.5) is 0 Å². The van der Waals surface area contributed by atoms with E-state index in [0.717, 1.165) is 30.8 Å². The Labute approximate surface area is 129 Å². The summed E-state index contributed by atoms with van der Waals surface area (Å²) in [7, 11) is 0. The highest BCUT2D eigenvalue weighted by molar-refractivity contribution is 7.12. The van der Waals surface area contributed by atoms with E-state index in [1.807, 2.05) is 17.5 Å². The molecule has 0 spiro atoms. The summed E-state index contributed by atoms with van der Waals surface area (Å²) in [5.41, 5.74) is 0. The standard InChI is InChI=1S/C15H21N3O2S/c1-2-7-16-14(19)11-18-8-5-12(6-9-18)17-15(20)13-4-3-10-21-13/h2-4,10,12H,1,5-9,11H2,(H,16,19)(H,17,20). The Bertz CT molecular complexity index is 479. The number of piperidine rings is 1. The lowest BCUT2D eigenvalue weighted by atomic mass is 10.0. The molecule has 21 heavy (non-hydrogen) atoms. The number of thiophene rings is 1. The van der Waals surface area contributed by atoms with Crippen LogP contribution in [0, 0.1) is 0 Å². The van der Waals surface area contributed by atoms with E-state index < -0.39 is 0 Å². The van der Waals surface area contributed by atoms with Crippen LogP contribution in [0.3, 0.4) is 0 Å². The number of hydrogen-bond donors (Lipinski definition) is 2. The molecular weight excluding hydrogens is 286 g/mol. The number of carbonyl (C=O) groups is 2. The highest BCUT2D eigenvalue weighted by atomic mass is 32.1. The van der Waals surface area contributed by atoms with Gasteiger partial charge in [-0.15, -0.1) is 17.9 Å². The minimum Gasteiger partial charge on any atom is -0.352 e. The van der Waals surface area contributed by atoms with Gasteiger partial charge in [0.1, 0.15) is 0 Å². The Morgan fingerprint density at radius 3 is 2.81 bits per heavy atom. The van der Waals surface area contributed by atoms with E-state index in [4.69, 9.17) is 0 Å². The number of nitrogens with one attached hydrogen (secondary N) is 2. The van der Waals surface area contributed by atoms with Crippen LogP contribution >= 0.6 is 11.3 Å². The average Bonchev–Trinajstić information content (AvgIpc) is 3.01. The Hall–Kier alpha value is -1.66. The molecule has 5 nitrogen and oxygen atoms in total. The highest BCUT2D eigenvalue weighted by Gasteiger charge is 2.22. The molecule has 1 aromatic rings. The molecule has 6 heteroatoms. The molecule has 0 aromatic carbocycles. The van der Waals surface area contributed by atoms with Crippen molar-refractivity contribution in [3.05, 3.63) is 35.0 Å². The summed E-state index contributed by atoms with van der Waals surface area (Å²) in [6, 6.07) is 3.91. The Morgan fingerprint density at radius 2 is 2.19 bits per heavy atom. The fourth-order valence-corrected chi connectivity index (χ4v) is 2.97. The van der Waals surface area contributed by atoms with Gasteiger partial charge in [0.2, 0.25) is 5.91 Å². The molecule has 1 fully saturated rings. The zero-order chi connectivity index (χ0) is 15.1. The van der Waals surface area contributed by atoms with Crippen molar-refractivity contribution >= 4 is 23.2 Å². The molecule has 114 valence electrons. The minimum atomic E-state index is 0.00664. The second-order valence-electron chi connectivity index (χ2n) is 5.09. The van der Waals surface area contributed by atoms with E-state index in [1.165, 1.54) is 11.3 Å². The van der Waals surface area contributed by atoms with Gasteiger partial charge < -0.3 is 10.6 Å². The largest absolute Gasteiger partial charge is 0.352 e. The van der Waals surface area contributed by atoms with Crippen LogP contribution in [0.2, 0.25) is 0 Å². The fraction of sp³-hybridized carbons (Fsp3) is 0.467. The first-order valence-electron chi connectivity index (χ1n) is 7.13. The molecular formula is C15H21N3O2S. The van der Waals surface area contributed by atoms with Crippen LogP contribution in [0.25, 0.3) is 0 Å². The van der Waals surface area contributed by atoms with E-state index in [2.05, 4.69) is 22.1 Å². The van der Waals surface area contributed by atoms with Crippen molar-refractivity contribution in [1.82, 2.24) is 15.5 Å². The SMILES string of the molecule is C=CCNC(=O)CN1CCC(NC(=O)c2cccs2)CC1. The summed E-state index contributed by atoms with van der Waals surface area (Å²) in [6.45, 7) is 6.15. The lowest BCUT2D eigenvalue weighted by Gasteiger charge is -2.31. The Morgan fingerprint density at radius 1 is 1.43 bits per heavy atom. The molecule has 0 bridgehead atoms. The molecule has 0 unspecified atom stereocenters. The van der Waals surface area contributed by atoms with Gasteiger partial charge in [-0.3, -0.25) is 14.5 Å². The van der Waals surface area contributed by atoms with E-state index in [0.29, 0.717) is 13.1 Å². The van der Waals surface area contributed by atoms with Gasteiger partial charge in [0.25, 0.3) is 5.91 Å². The molecule has 2 amide bonds. The zero-order valence-electron chi connectivity index (χ0n) is 12.0. The quantitative estimate of drug-likeness (QED) is 0.778. The lowest BCUT2D eigenvalue weighted by Crippen LogP contribution is -2.47. The van der Waals surface area contributed by atoms with Crippen molar-refractivity contribution in [3.63, 3.8) is 0 Å². The van der Waals surface area contributed by atoms with Crippen molar-refractivity contribution in [2.75, 3.05) is 26.2 Å². The molecule has 1 saturated heterocycles. The number of nitrogens with zero attached hydrogens (tertiary/aromatic N) is 1. The second kappa shape index (κ2) is 7.95. The smallest absolute Gasteiger partial charge is 0.261 e. The van der Waals surface area contributed by atoms with E-state index >= 15 is 0 Å². The van der Waals surface area contributed by atoms with Gasteiger partial charge in [0, 0.05) is 25.7 Å². The van der Waals surface area contributed by atoms with Gasteiger partial charge in [0.05, 0.1) is 11.4 Å². The van der Waals surface area contributed by atoms with Crippen LogP contribution in [0.1, 0.15) is 22.5 Å². The normalized spacial score (nSPS) is 16.4. The highest BCUT2D eigenvalue weighted by Crippen LogP contribution is 2.13. The maximum atomic E-state index is 12.0. The van der Waals surface area contributed by atoms with Crippen LogP contribution < -0.4 is 10.6 Å². The number of rotatable bonds is 6. The summed E-state index contributed by atoms with van der Waals surface area (Å²) < 4.78 is 0. The molecule has 2 N–H and O–H groups in total. The molecule has 2 heterocycles. The minimum absolute atomic E-state index is 0.00664. The topological polar surface area (TPSA) is 61.4 Å². The lowest BCUT2D eigenvalue weighted by molar-refractivity contribution is -0.122. The van der Waals surface area contributed by atoms with Crippen LogP contribution in [0.15, 0.2) is 30.2 Å². The van der Waals surface area contributed by atoms with Gasteiger partial charge in [-0.25, -0.2) is 0 Å². The first-order chi connectivity index (χ1) is 10.2. The summed E-state index contributed by atoms with van der Waals surface area (Å²) in [6.07, 6.45) is 3.43.